The SMILES string of the molecule is Cc1cccc(C(=O)OCc2nc(N)nc(N)n2)c1C. The van der Waals surface area contributed by atoms with Crippen LogP contribution in [0.1, 0.15) is 27.3 Å². The van der Waals surface area contributed by atoms with Crippen LogP contribution in [0.25, 0.3) is 0 Å². The van der Waals surface area contributed by atoms with E-state index in [1.54, 1.807) is 12.1 Å². The fourth-order valence-corrected chi connectivity index (χ4v) is 1.70. The minimum Gasteiger partial charge on any atom is -0.454 e. The van der Waals surface area contributed by atoms with Crippen LogP contribution < -0.4 is 11.5 Å². The summed E-state index contributed by atoms with van der Waals surface area (Å²) in [7, 11) is 0. The van der Waals surface area contributed by atoms with Gasteiger partial charge < -0.3 is 16.2 Å². The Labute approximate surface area is 116 Å². The number of hydrogen-bond acceptors (Lipinski definition) is 7. The molecule has 4 N–H and O–H groups in total. The van der Waals surface area contributed by atoms with Gasteiger partial charge in [-0.25, -0.2) is 4.79 Å². The molecule has 104 valence electrons. The van der Waals surface area contributed by atoms with Gasteiger partial charge in [0.2, 0.25) is 11.9 Å². The van der Waals surface area contributed by atoms with Gasteiger partial charge in [-0.2, -0.15) is 15.0 Å². The van der Waals surface area contributed by atoms with Gasteiger partial charge >= 0.3 is 5.97 Å². The number of esters is 1. The molecular weight excluding hydrogens is 258 g/mol. The molecule has 2 aromatic rings. The quantitative estimate of drug-likeness (QED) is 0.801. The Hall–Kier alpha value is -2.70. The molecule has 0 saturated heterocycles. The Kier molecular flexibility index (Phi) is 3.79. The number of aromatic nitrogens is 3. The lowest BCUT2D eigenvalue weighted by molar-refractivity contribution is 0.0461. The number of ether oxygens (including phenoxy) is 1. The molecule has 0 unspecified atom stereocenters. The van der Waals surface area contributed by atoms with Gasteiger partial charge in [0.25, 0.3) is 0 Å². The van der Waals surface area contributed by atoms with E-state index in [0.717, 1.165) is 11.1 Å². The summed E-state index contributed by atoms with van der Waals surface area (Å²) in [6.07, 6.45) is 0. The second kappa shape index (κ2) is 5.52. The van der Waals surface area contributed by atoms with E-state index < -0.39 is 5.97 Å². The lowest BCUT2D eigenvalue weighted by atomic mass is 10.0. The molecule has 0 amide bonds. The highest BCUT2D eigenvalue weighted by Gasteiger charge is 2.13. The van der Waals surface area contributed by atoms with E-state index in [4.69, 9.17) is 16.2 Å². The van der Waals surface area contributed by atoms with E-state index in [1.807, 2.05) is 19.9 Å². The van der Waals surface area contributed by atoms with Crippen LogP contribution in [0.15, 0.2) is 18.2 Å². The van der Waals surface area contributed by atoms with Crippen LogP contribution in [0.5, 0.6) is 0 Å². The summed E-state index contributed by atoms with van der Waals surface area (Å²) < 4.78 is 5.16. The minimum absolute atomic E-state index is 0.00437. The predicted molar refractivity (Wildman–Crippen MR) is 73.7 cm³/mol. The lowest BCUT2D eigenvalue weighted by Gasteiger charge is -2.08. The van der Waals surface area contributed by atoms with Crippen molar-refractivity contribution in [2.45, 2.75) is 20.5 Å². The van der Waals surface area contributed by atoms with Crippen molar-refractivity contribution in [1.29, 1.82) is 0 Å². The standard InChI is InChI=1S/C13H15N5O2/c1-7-4-3-5-9(8(7)2)11(19)20-6-10-16-12(14)18-13(15)17-10/h3-5H,6H2,1-2H3,(H4,14,15,16,17,18). The van der Waals surface area contributed by atoms with Gasteiger partial charge in [-0.1, -0.05) is 12.1 Å². The minimum atomic E-state index is -0.441. The van der Waals surface area contributed by atoms with E-state index in [2.05, 4.69) is 15.0 Å². The van der Waals surface area contributed by atoms with Gasteiger partial charge in [-0.3, -0.25) is 0 Å². The molecule has 0 bridgehead atoms. The normalized spacial score (nSPS) is 10.3. The van der Waals surface area contributed by atoms with Crippen LogP contribution in [-0.2, 0) is 11.3 Å². The highest BCUT2D eigenvalue weighted by Crippen LogP contribution is 2.14. The van der Waals surface area contributed by atoms with Crippen molar-refractivity contribution in [2.24, 2.45) is 0 Å². The molecule has 0 spiro atoms. The molecule has 0 saturated carbocycles. The molecule has 0 aliphatic rings. The van der Waals surface area contributed by atoms with Gasteiger partial charge in [0.15, 0.2) is 12.4 Å². The molecule has 1 aromatic heterocycles. The largest absolute Gasteiger partial charge is 0.454 e. The number of anilines is 2. The first-order valence-electron chi connectivity index (χ1n) is 5.96. The fourth-order valence-electron chi connectivity index (χ4n) is 1.70. The average molecular weight is 273 g/mol. The summed E-state index contributed by atoms with van der Waals surface area (Å²) in [6.45, 7) is 3.69. The molecule has 0 aliphatic heterocycles. The lowest BCUT2D eigenvalue weighted by Crippen LogP contribution is -2.12. The number of nitrogens with zero attached hydrogens (tertiary/aromatic N) is 3. The van der Waals surface area contributed by atoms with E-state index >= 15 is 0 Å². The molecule has 0 fully saturated rings. The number of carbonyl (C=O) groups is 1. The zero-order chi connectivity index (χ0) is 14.7. The number of rotatable bonds is 3. The first-order valence-corrected chi connectivity index (χ1v) is 5.96. The van der Waals surface area contributed by atoms with Gasteiger partial charge in [0.1, 0.15) is 0 Å². The van der Waals surface area contributed by atoms with E-state index in [1.165, 1.54) is 0 Å². The van der Waals surface area contributed by atoms with Crippen molar-refractivity contribution in [2.75, 3.05) is 11.5 Å². The third-order valence-corrected chi connectivity index (χ3v) is 2.87. The molecule has 1 aromatic carbocycles. The Morgan fingerprint density at radius 1 is 1.15 bits per heavy atom. The van der Waals surface area contributed by atoms with Crippen LogP contribution in [0.4, 0.5) is 11.9 Å². The molecule has 7 heteroatoms. The zero-order valence-electron chi connectivity index (χ0n) is 11.3. The fraction of sp³-hybridized carbons (Fsp3) is 0.231. The summed E-state index contributed by atoms with van der Waals surface area (Å²) in [6, 6.07) is 5.44. The van der Waals surface area contributed by atoms with Crippen molar-refractivity contribution < 1.29 is 9.53 Å². The van der Waals surface area contributed by atoms with Crippen LogP contribution in [0.3, 0.4) is 0 Å². The van der Waals surface area contributed by atoms with Gasteiger partial charge in [-0.05, 0) is 31.0 Å². The molecule has 0 radical (unpaired) electrons. The Morgan fingerprint density at radius 2 is 1.80 bits per heavy atom. The van der Waals surface area contributed by atoms with Crippen LogP contribution in [0.2, 0.25) is 0 Å². The van der Waals surface area contributed by atoms with Crippen LogP contribution >= 0.6 is 0 Å². The first kappa shape index (κ1) is 13.7. The van der Waals surface area contributed by atoms with Crippen molar-refractivity contribution in [3.05, 3.63) is 40.7 Å². The van der Waals surface area contributed by atoms with Crippen molar-refractivity contribution in [3.63, 3.8) is 0 Å². The molecule has 7 nitrogen and oxygen atoms in total. The molecule has 20 heavy (non-hydrogen) atoms. The van der Waals surface area contributed by atoms with Crippen LogP contribution in [0, 0.1) is 13.8 Å². The molecule has 0 aliphatic carbocycles. The predicted octanol–water partition coefficient (Wildman–Crippen LogP) is 1.01. The topological polar surface area (TPSA) is 117 Å². The van der Waals surface area contributed by atoms with E-state index in [9.17, 15) is 4.79 Å². The molecular formula is C13H15N5O2. The number of nitrogen functional groups attached to an aromatic ring is 2. The van der Waals surface area contributed by atoms with Gasteiger partial charge in [0.05, 0.1) is 5.56 Å². The van der Waals surface area contributed by atoms with Crippen molar-refractivity contribution in [1.82, 2.24) is 15.0 Å². The Bertz CT molecular complexity index is 637. The third-order valence-electron chi connectivity index (χ3n) is 2.87. The Balaban J connectivity index is 2.10. The molecule has 1 heterocycles. The molecule has 2 rings (SSSR count). The number of carbonyl (C=O) groups excluding carboxylic acids is 1. The van der Waals surface area contributed by atoms with Gasteiger partial charge in [-0.15, -0.1) is 0 Å². The van der Waals surface area contributed by atoms with E-state index in [0.29, 0.717) is 5.56 Å². The maximum Gasteiger partial charge on any atom is 0.338 e. The second-order valence-electron chi connectivity index (χ2n) is 4.29. The summed E-state index contributed by atoms with van der Waals surface area (Å²) >= 11 is 0. The van der Waals surface area contributed by atoms with Gasteiger partial charge in [0, 0.05) is 0 Å². The third kappa shape index (κ3) is 3.00. The monoisotopic (exact) mass is 273 g/mol. The summed E-state index contributed by atoms with van der Waals surface area (Å²) in [5.74, 6) is -0.233. The number of nitrogens with two attached hydrogens (primary N) is 2. The summed E-state index contributed by atoms with van der Waals surface area (Å²) in [5, 5.41) is 0. The van der Waals surface area contributed by atoms with Crippen LogP contribution in [-0.4, -0.2) is 20.9 Å². The Morgan fingerprint density at radius 3 is 2.45 bits per heavy atom. The molecule has 0 atom stereocenters. The van der Waals surface area contributed by atoms with E-state index in [-0.39, 0.29) is 24.3 Å². The highest BCUT2D eigenvalue weighted by atomic mass is 16.5. The summed E-state index contributed by atoms with van der Waals surface area (Å²) in [4.78, 5) is 23.3. The average Bonchev–Trinajstić information content (AvgIpc) is 2.38. The maximum atomic E-state index is 12.0. The number of benzene rings is 1. The maximum absolute atomic E-state index is 12.0. The summed E-state index contributed by atoms with van der Waals surface area (Å²) in [5.41, 5.74) is 13.3. The second-order valence-corrected chi connectivity index (χ2v) is 4.29. The number of hydrogen-bond donors (Lipinski definition) is 2. The first-order chi connectivity index (χ1) is 9.47. The van der Waals surface area contributed by atoms with Crippen molar-refractivity contribution in [3.8, 4) is 0 Å². The smallest absolute Gasteiger partial charge is 0.338 e. The van der Waals surface area contributed by atoms with Crippen molar-refractivity contribution >= 4 is 17.9 Å². The zero-order valence-corrected chi connectivity index (χ0v) is 11.3. The number of aryl methyl sites for hydroxylation is 1. The highest BCUT2D eigenvalue weighted by molar-refractivity contribution is 5.91.